The van der Waals surface area contributed by atoms with Gasteiger partial charge in [-0.15, -0.1) is 0 Å². The predicted molar refractivity (Wildman–Crippen MR) is 42.5 cm³/mol. The molecule has 0 aliphatic heterocycles. The first kappa shape index (κ1) is 9.21. The van der Waals surface area contributed by atoms with Crippen molar-refractivity contribution in [2.45, 2.75) is 0 Å². The molecule has 0 aromatic rings. The Bertz CT molecular complexity index is 226. The van der Waals surface area contributed by atoms with Crippen molar-refractivity contribution in [3.8, 4) is 0 Å². The van der Waals surface area contributed by atoms with E-state index in [1.807, 2.05) is 0 Å². The van der Waals surface area contributed by atoms with Gasteiger partial charge in [0.15, 0.2) is 0 Å². The zero-order valence-corrected chi connectivity index (χ0v) is 7.39. The van der Waals surface area contributed by atoms with Crippen molar-refractivity contribution in [2.75, 3.05) is 0 Å². The first-order valence-corrected chi connectivity index (χ1v) is 2.53. The average Bonchev–Trinajstić information content (AvgIpc) is 2.13. The molecule has 0 saturated heterocycles. The molecular formula is C7H8O2Se. The molecule has 0 heterocycles. The van der Waals surface area contributed by atoms with E-state index in [2.05, 4.69) is 6.58 Å². The van der Waals surface area contributed by atoms with Crippen molar-refractivity contribution < 1.29 is 9.90 Å². The maximum atomic E-state index is 10.2. The topological polar surface area (TPSA) is 37.3 Å². The Balaban J connectivity index is 0.000000810. The molecular weight excluding hydrogens is 195 g/mol. The van der Waals surface area contributed by atoms with Crippen LogP contribution in [-0.2, 0) is 4.79 Å². The molecule has 0 aromatic heterocycles. The molecule has 1 aliphatic carbocycles. The fraction of sp³-hybridized carbons (Fsp3) is 0. The third-order valence-corrected chi connectivity index (χ3v) is 1.14. The van der Waals surface area contributed by atoms with Crippen molar-refractivity contribution in [1.82, 2.24) is 0 Å². The van der Waals surface area contributed by atoms with Crippen LogP contribution in [0.4, 0.5) is 0 Å². The maximum absolute atomic E-state index is 10.2. The summed E-state index contributed by atoms with van der Waals surface area (Å²) >= 11 is 0. The second-order valence-corrected chi connectivity index (χ2v) is 1.77. The Morgan fingerprint density at radius 3 is 2.40 bits per heavy atom. The zero-order valence-electron chi connectivity index (χ0n) is 5.29. The molecule has 0 saturated carbocycles. The first-order valence-electron chi connectivity index (χ1n) is 2.53. The molecule has 1 N–H and O–H groups in total. The van der Waals surface area contributed by atoms with Crippen LogP contribution in [0.2, 0.25) is 0 Å². The number of carboxylic acids is 1. The SMILES string of the molecule is C=C1C=CC=C1C(=O)O.[SeH2]. The van der Waals surface area contributed by atoms with E-state index in [1.54, 1.807) is 12.2 Å². The van der Waals surface area contributed by atoms with E-state index in [1.165, 1.54) is 6.08 Å². The van der Waals surface area contributed by atoms with Gasteiger partial charge in [-0.3, -0.25) is 0 Å². The first-order chi connectivity index (χ1) is 4.22. The summed E-state index contributed by atoms with van der Waals surface area (Å²) < 4.78 is 0. The number of hydrogen-bond donors (Lipinski definition) is 1. The molecule has 0 amide bonds. The van der Waals surface area contributed by atoms with Crippen LogP contribution < -0.4 is 0 Å². The summed E-state index contributed by atoms with van der Waals surface area (Å²) in [4.78, 5) is 10.2. The Morgan fingerprint density at radius 2 is 2.20 bits per heavy atom. The second kappa shape index (κ2) is 3.40. The van der Waals surface area contributed by atoms with Crippen molar-refractivity contribution in [3.63, 3.8) is 0 Å². The molecule has 1 rings (SSSR count). The summed E-state index contributed by atoms with van der Waals surface area (Å²) in [6.07, 6.45) is 4.87. The van der Waals surface area contributed by atoms with Crippen LogP contribution in [0.5, 0.6) is 0 Å². The van der Waals surface area contributed by atoms with Crippen LogP contribution in [0.3, 0.4) is 0 Å². The summed E-state index contributed by atoms with van der Waals surface area (Å²) in [5.41, 5.74) is 0.859. The van der Waals surface area contributed by atoms with E-state index in [9.17, 15) is 4.79 Å². The molecule has 54 valence electrons. The standard InChI is InChI=1S/C7H6O2.H2Se/c1-5-3-2-4-6(5)7(8)9;/h2-4H,1H2,(H,8,9);1H2. The van der Waals surface area contributed by atoms with Crippen LogP contribution in [0, 0.1) is 0 Å². The van der Waals surface area contributed by atoms with Crippen LogP contribution >= 0.6 is 0 Å². The molecule has 0 bridgehead atoms. The van der Waals surface area contributed by atoms with Gasteiger partial charge in [0.1, 0.15) is 0 Å². The Morgan fingerprint density at radius 1 is 1.60 bits per heavy atom. The number of hydrogen-bond acceptors (Lipinski definition) is 1. The quantitative estimate of drug-likeness (QED) is 0.618. The van der Waals surface area contributed by atoms with Crippen molar-refractivity contribution in [3.05, 3.63) is 36.0 Å². The number of aliphatic carboxylic acids is 1. The van der Waals surface area contributed by atoms with E-state index in [-0.39, 0.29) is 22.6 Å². The van der Waals surface area contributed by atoms with Crippen molar-refractivity contribution >= 4 is 23.0 Å². The number of allylic oxidation sites excluding steroid dienone is 3. The van der Waals surface area contributed by atoms with Gasteiger partial charge in [0.05, 0.1) is 5.57 Å². The number of carboxylic acid groups (broad SMARTS) is 1. The van der Waals surface area contributed by atoms with E-state index in [0.29, 0.717) is 5.57 Å². The van der Waals surface area contributed by atoms with Gasteiger partial charge in [0, 0.05) is 0 Å². The Labute approximate surface area is 69.4 Å². The summed E-state index contributed by atoms with van der Waals surface area (Å²) in [6.45, 7) is 3.52. The van der Waals surface area contributed by atoms with Gasteiger partial charge in [0.2, 0.25) is 0 Å². The van der Waals surface area contributed by atoms with Gasteiger partial charge in [-0.05, 0) is 11.6 Å². The average molecular weight is 203 g/mol. The Hall–Kier alpha value is -0.791. The van der Waals surface area contributed by atoms with Gasteiger partial charge >= 0.3 is 23.0 Å². The normalized spacial score (nSPS) is 14.4. The summed E-state index contributed by atoms with van der Waals surface area (Å²) in [5, 5.41) is 8.41. The summed E-state index contributed by atoms with van der Waals surface area (Å²) in [6, 6.07) is 0. The van der Waals surface area contributed by atoms with Crippen molar-refractivity contribution in [2.24, 2.45) is 0 Å². The molecule has 3 heteroatoms. The fourth-order valence-electron chi connectivity index (χ4n) is 0.666. The second-order valence-electron chi connectivity index (χ2n) is 1.77. The zero-order chi connectivity index (χ0) is 6.85. The third-order valence-electron chi connectivity index (χ3n) is 1.14. The molecule has 0 aromatic carbocycles. The molecule has 0 fully saturated rings. The minimum absolute atomic E-state index is 0. The molecule has 0 atom stereocenters. The van der Waals surface area contributed by atoms with Gasteiger partial charge in [-0.1, -0.05) is 18.7 Å². The molecule has 0 spiro atoms. The molecule has 10 heavy (non-hydrogen) atoms. The monoisotopic (exact) mass is 204 g/mol. The van der Waals surface area contributed by atoms with Crippen LogP contribution in [0.15, 0.2) is 36.0 Å². The van der Waals surface area contributed by atoms with E-state index >= 15 is 0 Å². The fourth-order valence-corrected chi connectivity index (χ4v) is 0.666. The summed E-state index contributed by atoms with van der Waals surface area (Å²) in [7, 11) is 0. The number of carbonyl (C=O) groups is 1. The van der Waals surface area contributed by atoms with Gasteiger partial charge < -0.3 is 5.11 Å². The van der Waals surface area contributed by atoms with Crippen LogP contribution in [0.1, 0.15) is 0 Å². The van der Waals surface area contributed by atoms with E-state index in [4.69, 9.17) is 5.11 Å². The predicted octanol–water partition coefficient (Wildman–Crippen LogP) is 0.207. The van der Waals surface area contributed by atoms with E-state index in [0.717, 1.165) is 0 Å². The molecule has 2 nitrogen and oxygen atoms in total. The Kier molecular flexibility index (Phi) is 3.13. The van der Waals surface area contributed by atoms with Crippen molar-refractivity contribution in [1.29, 1.82) is 0 Å². The number of rotatable bonds is 1. The van der Waals surface area contributed by atoms with Gasteiger partial charge in [0.25, 0.3) is 0 Å². The minimum atomic E-state index is -0.912. The van der Waals surface area contributed by atoms with E-state index < -0.39 is 5.97 Å². The third kappa shape index (κ3) is 1.59. The van der Waals surface area contributed by atoms with Crippen LogP contribution in [-0.4, -0.2) is 28.1 Å². The van der Waals surface area contributed by atoms with Crippen LogP contribution in [0.25, 0.3) is 0 Å². The van der Waals surface area contributed by atoms with Gasteiger partial charge in [-0.25, -0.2) is 4.79 Å². The van der Waals surface area contributed by atoms with Gasteiger partial charge in [-0.2, -0.15) is 0 Å². The summed E-state index contributed by atoms with van der Waals surface area (Å²) in [5.74, 6) is -0.912. The molecule has 0 radical (unpaired) electrons. The molecule has 0 unspecified atom stereocenters. The molecule has 1 aliphatic rings.